The Bertz CT molecular complexity index is 1850. The van der Waals surface area contributed by atoms with Crippen LogP contribution < -0.4 is 4.74 Å². The van der Waals surface area contributed by atoms with E-state index >= 15 is 0 Å². The fourth-order valence-electron chi connectivity index (χ4n) is 9.61. The Hall–Kier alpha value is -3.77. The third-order valence-electron chi connectivity index (χ3n) is 11.1. The summed E-state index contributed by atoms with van der Waals surface area (Å²) in [6, 6.07) is 16.3. The van der Waals surface area contributed by atoms with Crippen molar-refractivity contribution in [2.24, 2.45) is 29.1 Å². The molecule has 0 radical (unpaired) electrons. The molecule has 3 aromatic rings. The first-order valence-electron chi connectivity index (χ1n) is 15.3. The van der Waals surface area contributed by atoms with Crippen molar-refractivity contribution < 1.29 is 49.6 Å². The number of ether oxygens (including phenoxy) is 2. The third-order valence-corrected chi connectivity index (χ3v) is 12.0. The molecule has 0 saturated heterocycles. The second kappa shape index (κ2) is 10.1. The number of fused-ring (bicyclic) bond motifs is 1. The number of hydrogen-bond acceptors (Lipinski definition) is 7. The predicted molar refractivity (Wildman–Crippen MR) is 150 cm³/mol. The van der Waals surface area contributed by atoms with E-state index in [1.807, 2.05) is 24.3 Å². The van der Waals surface area contributed by atoms with Gasteiger partial charge in [-0.25, -0.2) is 17.2 Å². The Morgan fingerprint density at radius 3 is 1.80 bits per heavy atom. The average molecular weight is 656 g/mol. The molecule has 3 unspecified atom stereocenters. The van der Waals surface area contributed by atoms with Crippen molar-refractivity contribution in [3.8, 4) is 5.75 Å². The summed E-state index contributed by atoms with van der Waals surface area (Å²) in [4.78, 5) is 25.1. The highest BCUT2D eigenvalue weighted by molar-refractivity contribution is 7.85. The van der Waals surface area contributed by atoms with Gasteiger partial charge < -0.3 is 14.0 Å². The van der Waals surface area contributed by atoms with Gasteiger partial charge in [-0.2, -0.15) is 8.78 Å². The molecule has 4 fully saturated rings. The molecule has 7 aliphatic carbocycles. The van der Waals surface area contributed by atoms with Crippen molar-refractivity contribution in [1.29, 1.82) is 0 Å². The zero-order valence-electron chi connectivity index (χ0n) is 24.2. The molecule has 240 valence electrons. The van der Waals surface area contributed by atoms with Gasteiger partial charge >= 0.3 is 11.9 Å². The molecule has 7 nitrogen and oxygen atoms in total. The fourth-order valence-corrected chi connectivity index (χ4v) is 10.2. The lowest BCUT2D eigenvalue weighted by molar-refractivity contribution is -0.194. The molecule has 0 aliphatic heterocycles. The summed E-state index contributed by atoms with van der Waals surface area (Å²) in [6.07, 6.45) is 2.18. The maximum atomic E-state index is 14.7. The molecule has 3 aromatic carbocycles. The van der Waals surface area contributed by atoms with Gasteiger partial charge in [0, 0.05) is 11.8 Å². The zero-order valence-corrected chi connectivity index (χ0v) is 25.0. The quantitative estimate of drug-likeness (QED) is 0.108. The van der Waals surface area contributed by atoms with Gasteiger partial charge in [0.1, 0.15) is 21.1 Å². The average Bonchev–Trinajstić information content (AvgIpc) is 3.02. The van der Waals surface area contributed by atoms with E-state index in [1.165, 1.54) is 11.1 Å². The lowest BCUT2D eigenvalue weighted by atomic mass is 9.48. The first-order valence-corrected chi connectivity index (χ1v) is 16.7. The zero-order chi connectivity index (χ0) is 32.3. The molecule has 0 amide bonds. The van der Waals surface area contributed by atoms with Gasteiger partial charge in [0.15, 0.2) is 11.6 Å². The Morgan fingerprint density at radius 1 is 0.761 bits per heavy atom. The first kappa shape index (κ1) is 29.6. The SMILES string of the molecule is O=C(OC1C2CC3CC1CC(C(=O)Oc1c(F)c(F)c(S(=O)(=O)[O-])c(F)c1F)(C3)C2)C1CC2c3ccccc3C1c1ccccc12. The maximum absolute atomic E-state index is 14.7. The molecular weight excluding hydrogens is 628 g/mol. The van der Waals surface area contributed by atoms with Crippen molar-refractivity contribution >= 4 is 22.1 Å². The highest BCUT2D eigenvalue weighted by Gasteiger charge is 2.61. The van der Waals surface area contributed by atoms with Crippen LogP contribution in [0.5, 0.6) is 5.75 Å². The second-order valence-corrected chi connectivity index (χ2v) is 14.9. The number of halogens is 4. The number of hydrogen-bond donors (Lipinski definition) is 0. The maximum Gasteiger partial charge on any atom is 0.317 e. The Labute approximate surface area is 261 Å². The van der Waals surface area contributed by atoms with E-state index in [9.17, 15) is 40.1 Å². The summed E-state index contributed by atoms with van der Waals surface area (Å²) in [5.74, 6) is -13.5. The van der Waals surface area contributed by atoms with Crippen LogP contribution in [-0.4, -0.2) is 31.0 Å². The lowest BCUT2D eigenvalue weighted by Gasteiger charge is -2.58. The topological polar surface area (TPSA) is 110 Å². The molecule has 7 aliphatic rings. The highest BCUT2D eigenvalue weighted by atomic mass is 32.2. The summed E-state index contributed by atoms with van der Waals surface area (Å²) in [5.41, 5.74) is 3.46. The van der Waals surface area contributed by atoms with E-state index in [2.05, 4.69) is 24.3 Å². The standard InChI is InChI=1S/C34H28F4O7S/c35-25-27(37)31(46(41,42)43)28(38)26(36)30(25)45-33(40)34-12-15-9-16(13-34)29(17(10-15)14-34)44-32(39)23-11-22-18-5-1-3-7-20(18)24(23)21-8-4-2-6-19(21)22/h1-8,15-17,22-24,29H,9-14H2,(H,41,42,43)/p-1. The van der Waals surface area contributed by atoms with Crippen LogP contribution in [0.25, 0.3) is 0 Å². The molecule has 0 aromatic heterocycles. The number of esters is 2. The summed E-state index contributed by atoms with van der Waals surface area (Å²) in [6.45, 7) is 0. The summed E-state index contributed by atoms with van der Waals surface area (Å²) in [5, 5.41) is 0. The minimum atomic E-state index is -5.91. The van der Waals surface area contributed by atoms with Crippen LogP contribution in [0.2, 0.25) is 0 Å². The van der Waals surface area contributed by atoms with E-state index in [4.69, 9.17) is 9.47 Å². The number of carbonyl (C=O) groups is 2. The van der Waals surface area contributed by atoms with Gasteiger partial charge in [-0.15, -0.1) is 0 Å². The molecule has 46 heavy (non-hydrogen) atoms. The van der Waals surface area contributed by atoms with Crippen molar-refractivity contribution in [2.75, 3.05) is 0 Å². The number of carbonyl (C=O) groups excluding carboxylic acids is 2. The van der Waals surface area contributed by atoms with Crippen LogP contribution >= 0.6 is 0 Å². The molecular formula is C34H27F4O7S-. The molecule has 3 atom stereocenters. The van der Waals surface area contributed by atoms with Crippen molar-refractivity contribution in [3.63, 3.8) is 0 Å². The van der Waals surface area contributed by atoms with Crippen LogP contribution in [0.1, 0.15) is 72.6 Å². The molecule has 12 heteroatoms. The van der Waals surface area contributed by atoms with E-state index in [1.54, 1.807) is 0 Å². The van der Waals surface area contributed by atoms with Crippen molar-refractivity contribution in [2.45, 2.75) is 61.4 Å². The van der Waals surface area contributed by atoms with Crippen LogP contribution in [0.4, 0.5) is 17.6 Å². The lowest BCUT2D eigenvalue weighted by Crippen LogP contribution is -2.58. The normalized spacial score (nSPS) is 31.7. The van der Waals surface area contributed by atoms with Gasteiger partial charge in [0.2, 0.25) is 17.4 Å². The second-order valence-electron chi connectivity index (χ2n) is 13.5. The minimum absolute atomic E-state index is 0.0422. The van der Waals surface area contributed by atoms with Gasteiger partial charge in [-0.3, -0.25) is 9.59 Å². The Balaban J connectivity index is 1.03. The first-order chi connectivity index (χ1) is 21.9. The monoisotopic (exact) mass is 655 g/mol. The summed E-state index contributed by atoms with van der Waals surface area (Å²) < 4.78 is 103. The number of rotatable bonds is 5. The molecule has 6 bridgehead atoms. The smallest absolute Gasteiger partial charge is 0.317 e. The van der Waals surface area contributed by atoms with Gasteiger partial charge in [0.05, 0.1) is 11.3 Å². The van der Waals surface area contributed by atoms with Crippen molar-refractivity contribution in [1.82, 2.24) is 0 Å². The Kier molecular flexibility index (Phi) is 6.51. The molecule has 0 N–H and O–H groups in total. The van der Waals surface area contributed by atoms with Crippen LogP contribution in [0.3, 0.4) is 0 Å². The predicted octanol–water partition coefficient (Wildman–Crippen LogP) is 6.09. The number of benzene rings is 3. The molecule has 4 saturated carbocycles. The van der Waals surface area contributed by atoms with E-state index in [-0.39, 0.29) is 54.3 Å². The molecule has 0 spiro atoms. The van der Waals surface area contributed by atoms with E-state index in [0.29, 0.717) is 25.7 Å². The molecule has 0 heterocycles. The van der Waals surface area contributed by atoms with Crippen molar-refractivity contribution in [3.05, 3.63) is 94.1 Å². The van der Waals surface area contributed by atoms with Gasteiger partial charge in [0.25, 0.3) is 0 Å². The fraction of sp³-hybridized carbons (Fsp3) is 0.412. The highest BCUT2D eigenvalue weighted by Crippen LogP contribution is 2.62. The van der Waals surface area contributed by atoms with Crippen LogP contribution in [-0.2, 0) is 24.4 Å². The van der Waals surface area contributed by atoms with E-state index in [0.717, 1.165) is 11.1 Å². The van der Waals surface area contributed by atoms with Gasteiger partial charge in [-0.1, -0.05) is 48.5 Å². The van der Waals surface area contributed by atoms with Crippen LogP contribution in [0.15, 0.2) is 53.4 Å². The third kappa shape index (κ3) is 4.21. The van der Waals surface area contributed by atoms with Gasteiger partial charge in [-0.05, 0) is 78.5 Å². The minimum Gasteiger partial charge on any atom is -0.744 e. The van der Waals surface area contributed by atoms with Crippen LogP contribution in [0, 0.1) is 52.4 Å². The Morgan fingerprint density at radius 2 is 1.28 bits per heavy atom. The summed E-state index contributed by atoms with van der Waals surface area (Å²) >= 11 is 0. The van der Waals surface area contributed by atoms with E-state index < -0.39 is 61.5 Å². The summed E-state index contributed by atoms with van der Waals surface area (Å²) in [7, 11) is -5.91. The largest absolute Gasteiger partial charge is 0.744 e. The molecule has 10 rings (SSSR count).